The molecule has 0 atom stereocenters. The number of carbonyl (C=O) groups is 1. The summed E-state index contributed by atoms with van der Waals surface area (Å²) < 4.78 is 0. The highest BCUT2D eigenvalue weighted by Crippen LogP contribution is 2.30. The number of hydrogen-bond donors (Lipinski definition) is 0. The van der Waals surface area contributed by atoms with E-state index in [0.717, 1.165) is 25.2 Å². The summed E-state index contributed by atoms with van der Waals surface area (Å²) in [5.41, 5.74) is 1.60. The fraction of sp³-hybridized carbons (Fsp3) is 0.526. The molecule has 0 saturated heterocycles. The van der Waals surface area contributed by atoms with Crippen LogP contribution in [0.4, 0.5) is 0 Å². The summed E-state index contributed by atoms with van der Waals surface area (Å²) in [6.45, 7) is 2.02. The Morgan fingerprint density at radius 3 is 2.77 bits per heavy atom. The van der Waals surface area contributed by atoms with Crippen molar-refractivity contribution in [2.45, 2.75) is 58.3 Å². The van der Waals surface area contributed by atoms with E-state index in [1.54, 1.807) is 6.08 Å². The highest BCUT2D eigenvalue weighted by molar-refractivity contribution is 6.41. The molecule has 0 amide bonds. The summed E-state index contributed by atoms with van der Waals surface area (Å²) in [4.78, 5) is 12.4. The highest BCUT2D eigenvalue weighted by Gasteiger charge is 2.17. The lowest BCUT2D eigenvalue weighted by Gasteiger charge is -2.10. The monoisotopic (exact) mass is 338 g/mol. The van der Waals surface area contributed by atoms with Crippen LogP contribution in [0.25, 0.3) is 0 Å². The third-order valence-electron chi connectivity index (χ3n) is 4.44. The first kappa shape index (κ1) is 17.6. The normalized spacial score (nSPS) is 20.9. The quantitative estimate of drug-likeness (QED) is 0.527. The second-order valence-electron chi connectivity index (χ2n) is 6.30. The summed E-state index contributed by atoms with van der Waals surface area (Å²) in [5, 5.41) is 0.920. The molecule has 0 aromatic rings. The van der Waals surface area contributed by atoms with Crippen LogP contribution in [0.5, 0.6) is 0 Å². The topological polar surface area (TPSA) is 17.1 Å². The molecule has 1 fully saturated rings. The Balaban J connectivity index is 2.00. The molecule has 2 aliphatic carbocycles. The predicted octanol–water partition coefficient (Wildman–Crippen LogP) is 6.44. The van der Waals surface area contributed by atoms with Gasteiger partial charge in [-0.2, -0.15) is 0 Å². The largest absolute Gasteiger partial charge is 0.289 e. The Labute approximate surface area is 143 Å². The van der Waals surface area contributed by atoms with Crippen LogP contribution in [0.2, 0.25) is 0 Å². The van der Waals surface area contributed by atoms with Gasteiger partial charge in [0.1, 0.15) is 0 Å². The molecule has 0 radical (unpaired) electrons. The summed E-state index contributed by atoms with van der Waals surface area (Å²) in [7, 11) is 0. The average Bonchev–Trinajstić information content (AvgIpc) is 2.95. The van der Waals surface area contributed by atoms with E-state index in [-0.39, 0.29) is 5.78 Å². The third-order valence-corrected chi connectivity index (χ3v) is 5.09. The van der Waals surface area contributed by atoms with Crippen LogP contribution < -0.4 is 0 Å². The Morgan fingerprint density at radius 1 is 1.32 bits per heavy atom. The molecule has 3 heteroatoms. The molecule has 0 spiro atoms. The Morgan fingerprint density at radius 2 is 2.05 bits per heavy atom. The van der Waals surface area contributed by atoms with E-state index in [0.29, 0.717) is 15.6 Å². The first-order valence-electron chi connectivity index (χ1n) is 8.21. The van der Waals surface area contributed by atoms with Gasteiger partial charge in [0, 0.05) is 5.03 Å². The predicted molar refractivity (Wildman–Crippen MR) is 95.1 cm³/mol. The van der Waals surface area contributed by atoms with Crippen LogP contribution >= 0.6 is 23.2 Å². The maximum absolute atomic E-state index is 12.4. The van der Waals surface area contributed by atoms with Crippen LogP contribution in [0.1, 0.15) is 58.3 Å². The SMILES string of the molecule is CC1=CC(Cl)=C(C(=O)/C=C/CCC2CCCC2)C(Cl)=CCC1. The van der Waals surface area contributed by atoms with Gasteiger partial charge in [-0.15, -0.1) is 0 Å². The lowest BCUT2D eigenvalue weighted by molar-refractivity contribution is -0.111. The van der Waals surface area contributed by atoms with Gasteiger partial charge in [-0.25, -0.2) is 0 Å². The Hall–Kier alpha value is -0.790. The standard InChI is InChI=1S/C19H24Cl2O/c1-14-7-6-11-16(20)19(17(21)13-14)18(22)12-5-4-10-15-8-2-3-9-15/h5,11-13,15H,2-4,6-10H2,1H3/b12-5+,14-13?,16-11?,19-17?. The van der Waals surface area contributed by atoms with Crippen molar-refractivity contribution in [3.05, 3.63) is 45.5 Å². The minimum atomic E-state index is -0.0939. The molecule has 0 bridgehead atoms. The van der Waals surface area contributed by atoms with Gasteiger partial charge < -0.3 is 0 Å². The minimum Gasteiger partial charge on any atom is -0.289 e. The maximum Gasteiger partial charge on any atom is 0.188 e. The highest BCUT2D eigenvalue weighted by atomic mass is 35.5. The van der Waals surface area contributed by atoms with Crippen LogP contribution in [-0.4, -0.2) is 5.78 Å². The second-order valence-corrected chi connectivity index (χ2v) is 7.11. The molecule has 0 aromatic carbocycles. The van der Waals surface area contributed by atoms with Crippen LogP contribution in [-0.2, 0) is 4.79 Å². The zero-order chi connectivity index (χ0) is 15.9. The maximum atomic E-state index is 12.4. The number of allylic oxidation sites excluding steroid dienone is 8. The van der Waals surface area contributed by atoms with E-state index >= 15 is 0 Å². The van der Waals surface area contributed by atoms with Gasteiger partial charge in [0.2, 0.25) is 0 Å². The van der Waals surface area contributed by atoms with Gasteiger partial charge in [0.05, 0.1) is 10.6 Å². The van der Waals surface area contributed by atoms with Gasteiger partial charge in [-0.1, -0.05) is 66.6 Å². The van der Waals surface area contributed by atoms with E-state index in [1.165, 1.54) is 37.7 Å². The van der Waals surface area contributed by atoms with E-state index in [2.05, 4.69) is 0 Å². The van der Waals surface area contributed by atoms with Crippen LogP contribution in [0.3, 0.4) is 0 Å². The first-order chi connectivity index (χ1) is 10.6. The number of carbonyl (C=O) groups excluding carboxylic acids is 1. The van der Waals surface area contributed by atoms with Crippen molar-refractivity contribution in [1.82, 2.24) is 0 Å². The van der Waals surface area contributed by atoms with E-state index in [1.807, 2.05) is 25.2 Å². The summed E-state index contributed by atoms with van der Waals surface area (Å²) in [6.07, 6.45) is 16.7. The fourth-order valence-corrected chi connectivity index (χ4v) is 3.88. The fourth-order valence-electron chi connectivity index (χ4n) is 3.14. The molecular formula is C19H24Cl2O. The minimum absolute atomic E-state index is 0.0939. The number of rotatable bonds is 5. The van der Waals surface area contributed by atoms with Gasteiger partial charge in [-0.3, -0.25) is 4.79 Å². The molecule has 120 valence electrons. The molecule has 0 unspecified atom stereocenters. The summed E-state index contributed by atoms with van der Waals surface area (Å²) >= 11 is 12.5. The van der Waals surface area contributed by atoms with Crippen LogP contribution in [0, 0.1) is 5.92 Å². The van der Waals surface area contributed by atoms with Gasteiger partial charge in [0.15, 0.2) is 5.78 Å². The Kier molecular flexibility index (Phi) is 6.98. The number of ketones is 1. The first-order valence-corrected chi connectivity index (χ1v) is 8.97. The van der Waals surface area contributed by atoms with Gasteiger partial charge >= 0.3 is 0 Å². The molecule has 0 N–H and O–H groups in total. The molecule has 22 heavy (non-hydrogen) atoms. The second kappa shape index (κ2) is 8.74. The van der Waals surface area contributed by atoms with E-state index < -0.39 is 0 Å². The van der Waals surface area contributed by atoms with Gasteiger partial charge in [-0.05, 0) is 50.7 Å². The molecule has 0 aromatic heterocycles. The van der Waals surface area contributed by atoms with Crippen molar-refractivity contribution in [3.8, 4) is 0 Å². The molecular weight excluding hydrogens is 315 g/mol. The molecule has 2 rings (SSSR count). The molecule has 0 heterocycles. The van der Waals surface area contributed by atoms with Crippen molar-refractivity contribution < 1.29 is 4.79 Å². The van der Waals surface area contributed by atoms with Crippen molar-refractivity contribution in [3.63, 3.8) is 0 Å². The zero-order valence-corrected chi connectivity index (χ0v) is 14.7. The lowest BCUT2D eigenvalue weighted by atomic mass is 10.0. The smallest absolute Gasteiger partial charge is 0.188 e. The van der Waals surface area contributed by atoms with E-state index in [4.69, 9.17) is 23.2 Å². The molecule has 1 nitrogen and oxygen atoms in total. The zero-order valence-electron chi connectivity index (χ0n) is 13.2. The third kappa shape index (κ3) is 5.14. The molecule has 1 saturated carbocycles. The van der Waals surface area contributed by atoms with Gasteiger partial charge in [0.25, 0.3) is 0 Å². The molecule has 0 aliphatic heterocycles. The summed E-state index contributed by atoms with van der Waals surface area (Å²) in [5.74, 6) is 0.752. The number of hydrogen-bond acceptors (Lipinski definition) is 1. The van der Waals surface area contributed by atoms with Crippen molar-refractivity contribution in [2.24, 2.45) is 5.92 Å². The van der Waals surface area contributed by atoms with Crippen molar-refractivity contribution >= 4 is 29.0 Å². The van der Waals surface area contributed by atoms with E-state index in [9.17, 15) is 4.79 Å². The van der Waals surface area contributed by atoms with Crippen LogP contribution in [0.15, 0.2) is 45.5 Å². The Bertz CT molecular complexity index is 532. The van der Waals surface area contributed by atoms with Crippen molar-refractivity contribution in [1.29, 1.82) is 0 Å². The lowest BCUT2D eigenvalue weighted by Crippen LogP contribution is -2.03. The number of halogens is 2. The average molecular weight is 339 g/mol. The summed E-state index contributed by atoms with van der Waals surface area (Å²) in [6, 6.07) is 0. The molecule has 2 aliphatic rings. The van der Waals surface area contributed by atoms with Crippen molar-refractivity contribution in [2.75, 3.05) is 0 Å².